The summed E-state index contributed by atoms with van der Waals surface area (Å²) in [6.45, 7) is 0. The number of rotatable bonds is 2. The monoisotopic (exact) mass is 289 g/mol. The van der Waals surface area contributed by atoms with Crippen LogP contribution in [-0.4, -0.2) is 29.0 Å². The zero-order chi connectivity index (χ0) is 14.8. The van der Waals surface area contributed by atoms with Crippen LogP contribution in [0.2, 0.25) is 0 Å². The van der Waals surface area contributed by atoms with Crippen molar-refractivity contribution >= 4 is 17.8 Å². The number of imide groups is 1. The van der Waals surface area contributed by atoms with E-state index >= 15 is 0 Å². The van der Waals surface area contributed by atoms with Gasteiger partial charge >= 0.3 is 5.97 Å². The third-order valence-electron chi connectivity index (χ3n) is 4.67. The van der Waals surface area contributed by atoms with Crippen molar-refractivity contribution in [3.63, 3.8) is 0 Å². The van der Waals surface area contributed by atoms with Crippen LogP contribution < -0.4 is 0 Å². The minimum absolute atomic E-state index is 0.228. The second-order valence-electron chi connectivity index (χ2n) is 6.00. The number of amides is 2. The predicted octanol–water partition coefficient (Wildman–Crippen LogP) is 1.88. The summed E-state index contributed by atoms with van der Waals surface area (Å²) in [4.78, 5) is 41.0. The van der Waals surface area contributed by atoms with E-state index < -0.39 is 29.9 Å². The number of fused-ring (bicyclic) bond motifs is 1. The highest BCUT2D eigenvalue weighted by atomic mass is 19.1. The summed E-state index contributed by atoms with van der Waals surface area (Å²) in [7, 11) is 0. The maximum Gasteiger partial charge on any atom is 0.336 e. The van der Waals surface area contributed by atoms with Gasteiger partial charge in [-0.25, -0.2) is 9.18 Å². The topological polar surface area (TPSA) is 63.7 Å². The third-order valence-corrected chi connectivity index (χ3v) is 4.67. The Labute approximate surface area is 119 Å². The maximum absolute atomic E-state index is 13.1. The van der Waals surface area contributed by atoms with Crippen molar-refractivity contribution in [2.45, 2.75) is 25.4 Å². The first-order chi connectivity index (χ1) is 10.0. The molecule has 2 amide bonds. The van der Waals surface area contributed by atoms with Crippen molar-refractivity contribution in [1.29, 1.82) is 0 Å². The molecule has 1 aliphatic heterocycles. The van der Waals surface area contributed by atoms with Crippen LogP contribution in [-0.2, 0) is 9.63 Å². The smallest absolute Gasteiger partial charge is 0.329 e. The summed E-state index contributed by atoms with van der Waals surface area (Å²) < 4.78 is 13.1. The molecule has 0 bridgehead atoms. The normalized spacial score (nSPS) is 32.9. The quantitative estimate of drug-likeness (QED) is 0.780. The molecular formula is C15H12FNO4. The molecule has 108 valence electrons. The molecule has 0 saturated heterocycles. The van der Waals surface area contributed by atoms with Gasteiger partial charge in [0, 0.05) is 5.41 Å². The Balaban J connectivity index is 1.45. The van der Waals surface area contributed by atoms with Crippen molar-refractivity contribution in [1.82, 2.24) is 5.06 Å². The van der Waals surface area contributed by atoms with Crippen LogP contribution in [0, 0.1) is 11.3 Å². The summed E-state index contributed by atoms with van der Waals surface area (Å²) in [6, 6.07) is 6.30. The van der Waals surface area contributed by atoms with Gasteiger partial charge < -0.3 is 4.84 Å². The van der Waals surface area contributed by atoms with Gasteiger partial charge in [0.15, 0.2) is 0 Å². The molecule has 2 fully saturated rings. The first-order valence-corrected chi connectivity index (χ1v) is 6.85. The number of benzene rings is 1. The fourth-order valence-electron chi connectivity index (χ4n) is 3.22. The van der Waals surface area contributed by atoms with Crippen LogP contribution >= 0.6 is 0 Å². The van der Waals surface area contributed by atoms with E-state index in [4.69, 9.17) is 4.84 Å². The van der Waals surface area contributed by atoms with E-state index in [9.17, 15) is 18.8 Å². The zero-order valence-corrected chi connectivity index (χ0v) is 11.0. The Kier molecular flexibility index (Phi) is 2.32. The lowest BCUT2D eigenvalue weighted by molar-refractivity contribution is -0.179. The molecule has 21 heavy (non-hydrogen) atoms. The van der Waals surface area contributed by atoms with Gasteiger partial charge in [-0.05, 0) is 31.4 Å². The average Bonchev–Trinajstić information content (AvgIpc) is 3.07. The van der Waals surface area contributed by atoms with Crippen molar-refractivity contribution in [3.05, 3.63) is 35.4 Å². The Morgan fingerprint density at radius 1 is 1.14 bits per heavy atom. The molecular weight excluding hydrogens is 277 g/mol. The van der Waals surface area contributed by atoms with Crippen molar-refractivity contribution in [3.8, 4) is 0 Å². The molecule has 1 aromatic carbocycles. The second-order valence-corrected chi connectivity index (χ2v) is 6.00. The van der Waals surface area contributed by atoms with Crippen LogP contribution in [0.4, 0.5) is 4.39 Å². The molecule has 5 nitrogen and oxygen atoms in total. The van der Waals surface area contributed by atoms with Gasteiger partial charge in [-0.1, -0.05) is 17.2 Å². The van der Waals surface area contributed by atoms with Crippen molar-refractivity contribution < 1.29 is 23.6 Å². The van der Waals surface area contributed by atoms with Crippen LogP contribution in [0.3, 0.4) is 0 Å². The fraction of sp³-hybridized carbons (Fsp3) is 0.400. The van der Waals surface area contributed by atoms with Crippen LogP contribution in [0.1, 0.15) is 40.0 Å². The molecule has 2 aliphatic carbocycles. The number of alkyl halides is 1. The molecule has 1 aromatic rings. The van der Waals surface area contributed by atoms with Gasteiger partial charge in [0.25, 0.3) is 11.8 Å². The van der Waals surface area contributed by atoms with E-state index in [1.165, 1.54) is 12.1 Å². The first kappa shape index (κ1) is 12.5. The molecule has 0 radical (unpaired) electrons. The van der Waals surface area contributed by atoms with Gasteiger partial charge in [0.05, 0.1) is 17.0 Å². The lowest BCUT2D eigenvalue weighted by Gasteiger charge is -2.33. The lowest BCUT2D eigenvalue weighted by atomic mass is 9.72. The Bertz CT molecular complexity index is 645. The van der Waals surface area contributed by atoms with Crippen LogP contribution in [0.5, 0.6) is 0 Å². The summed E-state index contributed by atoms with van der Waals surface area (Å²) >= 11 is 0. The standard InChI is InChI=1S/C15H12FNO4/c16-11-7-15(11)5-8(6-15)14(20)21-17-12(18)9-3-1-2-4-10(9)13(17)19/h1-4,8,11H,5-7H2. The lowest BCUT2D eigenvalue weighted by Crippen LogP contribution is -2.40. The number of carbonyl (C=O) groups excluding carboxylic acids is 3. The summed E-state index contributed by atoms with van der Waals surface area (Å²) in [5.41, 5.74) is 0.129. The molecule has 2 saturated carbocycles. The van der Waals surface area contributed by atoms with E-state index in [-0.39, 0.29) is 16.5 Å². The first-order valence-electron chi connectivity index (χ1n) is 6.85. The number of carbonyl (C=O) groups is 3. The molecule has 0 N–H and O–H groups in total. The van der Waals surface area contributed by atoms with Gasteiger partial charge in [-0.15, -0.1) is 0 Å². The van der Waals surface area contributed by atoms with Gasteiger partial charge in [-0.2, -0.15) is 0 Å². The molecule has 1 unspecified atom stereocenters. The van der Waals surface area contributed by atoms with Gasteiger partial charge in [0.2, 0.25) is 0 Å². The second kappa shape index (κ2) is 3.90. The van der Waals surface area contributed by atoms with Crippen LogP contribution in [0.15, 0.2) is 24.3 Å². The average molecular weight is 289 g/mol. The summed E-state index contributed by atoms with van der Waals surface area (Å²) in [5.74, 6) is -2.31. The number of hydrogen-bond donors (Lipinski definition) is 0. The highest BCUT2D eigenvalue weighted by Gasteiger charge is 2.64. The van der Waals surface area contributed by atoms with E-state index in [0.717, 1.165) is 0 Å². The molecule has 6 heteroatoms. The molecule has 1 heterocycles. The highest BCUT2D eigenvalue weighted by molar-refractivity contribution is 6.20. The summed E-state index contributed by atoms with van der Waals surface area (Å²) in [6.07, 6.45) is 0.566. The molecule has 1 atom stereocenters. The maximum atomic E-state index is 13.1. The van der Waals surface area contributed by atoms with Crippen molar-refractivity contribution in [2.75, 3.05) is 0 Å². The number of halogens is 1. The highest BCUT2D eigenvalue weighted by Crippen LogP contribution is 2.65. The number of hydrogen-bond acceptors (Lipinski definition) is 4. The zero-order valence-electron chi connectivity index (χ0n) is 11.0. The van der Waals surface area contributed by atoms with Crippen LogP contribution in [0.25, 0.3) is 0 Å². The predicted molar refractivity (Wildman–Crippen MR) is 67.7 cm³/mol. The van der Waals surface area contributed by atoms with E-state index in [1.54, 1.807) is 12.1 Å². The Hall–Kier alpha value is -2.24. The van der Waals surface area contributed by atoms with Gasteiger partial charge in [0.1, 0.15) is 6.17 Å². The molecule has 1 spiro atoms. The van der Waals surface area contributed by atoms with Crippen molar-refractivity contribution in [2.24, 2.45) is 11.3 Å². The SMILES string of the molecule is O=C(ON1C(=O)c2ccccc2C1=O)C1CC2(C1)CC2F. The number of hydroxylamine groups is 2. The van der Waals surface area contributed by atoms with E-state index in [2.05, 4.69) is 0 Å². The number of nitrogens with zero attached hydrogens (tertiary/aromatic N) is 1. The third kappa shape index (κ3) is 1.65. The molecule has 3 aliphatic rings. The van der Waals surface area contributed by atoms with E-state index in [0.29, 0.717) is 24.3 Å². The molecule has 4 rings (SSSR count). The van der Waals surface area contributed by atoms with E-state index in [1.807, 2.05) is 0 Å². The summed E-state index contributed by atoms with van der Waals surface area (Å²) in [5, 5.41) is 0.512. The Morgan fingerprint density at radius 3 is 2.14 bits per heavy atom. The Morgan fingerprint density at radius 2 is 1.67 bits per heavy atom. The van der Waals surface area contributed by atoms with Gasteiger partial charge in [-0.3, -0.25) is 9.59 Å². The minimum atomic E-state index is -0.819. The largest absolute Gasteiger partial charge is 0.336 e. The minimum Gasteiger partial charge on any atom is -0.329 e. The molecule has 0 aromatic heterocycles. The fourth-order valence-corrected chi connectivity index (χ4v) is 3.22.